The Labute approximate surface area is 276 Å². The molecular formula is C33H34Cl3N7O2. The van der Waals surface area contributed by atoms with Crippen LogP contribution in [0.4, 0.5) is 5.69 Å². The van der Waals surface area contributed by atoms with Crippen molar-refractivity contribution in [3.63, 3.8) is 0 Å². The molecule has 2 aromatic carbocycles. The average molecular weight is 667 g/mol. The molecule has 0 bridgehead atoms. The lowest BCUT2D eigenvalue weighted by atomic mass is 10.0. The van der Waals surface area contributed by atoms with Gasteiger partial charge in [0.25, 0.3) is 0 Å². The SMILES string of the molecule is C[C@H](N)CN1CC(C)(C)OC[C@H]1C(=O)N(Cc1cc(Cl)cc2c1[nH]c1cnccc12)c1cc(Cl)cc2c1[nH]c1cnccc12.Cl. The summed E-state index contributed by atoms with van der Waals surface area (Å²) in [6.07, 6.45) is 7.08. The lowest BCUT2D eigenvalue weighted by molar-refractivity contribution is -0.145. The number of nitrogens with one attached hydrogen (secondary N) is 2. The summed E-state index contributed by atoms with van der Waals surface area (Å²) in [7, 11) is 0. The summed E-state index contributed by atoms with van der Waals surface area (Å²) >= 11 is 13.5. The van der Waals surface area contributed by atoms with E-state index in [-0.39, 0.29) is 37.5 Å². The molecule has 12 heteroatoms. The lowest BCUT2D eigenvalue weighted by Gasteiger charge is -2.44. The van der Waals surface area contributed by atoms with Gasteiger partial charge in [-0.3, -0.25) is 19.7 Å². The second-order valence-electron chi connectivity index (χ2n) is 12.3. The van der Waals surface area contributed by atoms with Crippen LogP contribution in [0.2, 0.25) is 10.0 Å². The number of nitrogens with two attached hydrogens (primary N) is 1. The highest BCUT2D eigenvalue weighted by Crippen LogP contribution is 2.38. The van der Waals surface area contributed by atoms with E-state index >= 15 is 0 Å². The highest BCUT2D eigenvalue weighted by molar-refractivity contribution is 6.33. The van der Waals surface area contributed by atoms with Gasteiger partial charge in [0.1, 0.15) is 6.04 Å². The van der Waals surface area contributed by atoms with Gasteiger partial charge in [0, 0.05) is 63.1 Å². The number of morpholine rings is 1. The van der Waals surface area contributed by atoms with Gasteiger partial charge < -0.3 is 25.3 Å². The van der Waals surface area contributed by atoms with E-state index in [9.17, 15) is 4.79 Å². The zero-order valence-corrected chi connectivity index (χ0v) is 27.4. The Morgan fingerprint density at radius 2 is 1.62 bits per heavy atom. The summed E-state index contributed by atoms with van der Waals surface area (Å²) in [5, 5.41) is 4.95. The van der Waals surface area contributed by atoms with Crippen molar-refractivity contribution in [3.05, 3.63) is 76.8 Å². The van der Waals surface area contributed by atoms with Gasteiger partial charge in [-0.1, -0.05) is 23.2 Å². The van der Waals surface area contributed by atoms with Crippen LogP contribution in [0.3, 0.4) is 0 Å². The predicted octanol–water partition coefficient (Wildman–Crippen LogP) is 6.83. The van der Waals surface area contributed by atoms with Crippen molar-refractivity contribution in [2.24, 2.45) is 5.73 Å². The van der Waals surface area contributed by atoms with Gasteiger partial charge >= 0.3 is 0 Å². The van der Waals surface area contributed by atoms with Crippen molar-refractivity contribution in [2.75, 3.05) is 24.6 Å². The fourth-order valence-electron chi connectivity index (χ4n) is 6.50. The normalized spacial score (nSPS) is 17.6. The number of carbonyl (C=O) groups is 1. The zero-order valence-electron chi connectivity index (χ0n) is 25.1. The first kappa shape index (κ1) is 31.5. The number of amides is 1. The molecule has 0 aliphatic carbocycles. The molecule has 1 aliphatic heterocycles. The Kier molecular flexibility index (Phi) is 8.45. The highest BCUT2D eigenvalue weighted by Gasteiger charge is 2.40. The number of rotatable bonds is 6. The number of aromatic nitrogens is 4. The molecule has 1 saturated heterocycles. The smallest absolute Gasteiger partial charge is 0.247 e. The second-order valence-corrected chi connectivity index (χ2v) is 13.2. The molecule has 5 heterocycles. The summed E-state index contributed by atoms with van der Waals surface area (Å²) in [6.45, 7) is 7.60. The first-order chi connectivity index (χ1) is 21.1. The Bertz CT molecular complexity index is 2050. The van der Waals surface area contributed by atoms with Crippen LogP contribution in [0.1, 0.15) is 26.3 Å². The minimum Gasteiger partial charge on any atom is -0.372 e. The van der Waals surface area contributed by atoms with Gasteiger partial charge in [0.05, 0.1) is 58.9 Å². The number of aromatic amines is 2. The zero-order chi connectivity index (χ0) is 30.7. The van der Waals surface area contributed by atoms with E-state index in [1.54, 1.807) is 29.7 Å². The minimum atomic E-state index is -0.560. The van der Waals surface area contributed by atoms with Crippen LogP contribution in [-0.4, -0.2) is 68.1 Å². The van der Waals surface area contributed by atoms with Crippen LogP contribution in [-0.2, 0) is 16.1 Å². The maximum Gasteiger partial charge on any atom is 0.247 e. The van der Waals surface area contributed by atoms with E-state index in [0.29, 0.717) is 28.8 Å². The number of anilines is 1. The molecule has 2 atom stereocenters. The summed E-state index contributed by atoms with van der Waals surface area (Å²) in [4.78, 5) is 34.4. The summed E-state index contributed by atoms with van der Waals surface area (Å²) < 4.78 is 6.23. The molecule has 7 rings (SSSR count). The minimum absolute atomic E-state index is 0. The number of H-pyrrole nitrogens is 2. The molecule has 1 fully saturated rings. The number of halogens is 3. The first-order valence-corrected chi connectivity index (χ1v) is 15.4. The maximum absolute atomic E-state index is 14.9. The molecule has 4 aromatic heterocycles. The predicted molar refractivity (Wildman–Crippen MR) is 185 cm³/mol. The van der Waals surface area contributed by atoms with Crippen LogP contribution >= 0.6 is 35.6 Å². The van der Waals surface area contributed by atoms with Crippen molar-refractivity contribution in [1.29, 1.82) is 0 Å². The number of benzene rings is 2. The molecule has 9 nitrogen and oxygen atoms in total. The first-order valence-electron chi connectivity index (χ1n) is 14.6. The molecule has 45 heavy (non-hydrogen) atoms. The van der Waals surface area contributed by atoms with Crippen molar-refractivity contribution in [1.82, 2.24) is 24.8 Å². The molecule has 4 N–H and O–H groups in total. The van der Waals surface area contributed by atoms with E-state index in [2.05, 4.69) is 24.8 Å². The van der Waals surface area contributed by atoms with E-state index in [0.717, 1.165) is 49.2 Å². The summed E-state index contributed by atoms with van der Waals surface area (Å²) in [5.41, 5.74) is 10.8. The molecule has 0 unspecified atom stereocenters. The van der Waals surface area contributed by atoms with Gasteiger partial charge in [-0.05, 0) is 62.7 Å². The molecule has 1 amide bonds. The van der Waals surface area contributed by atoms with Crippen molar-refractivity contribution < 1.29 is 9.53 Å². The third kappa shape index (κ3) is 5.85. The van der Waals surface area contributed by atoms with Gasteiger partial charge in [0.2, 0.25) is 5.91 Å². The monoisotopic (exact) mass is 665 g/mol. The van der Waals surface area contributed by atoms with Crippen LogP contribution in [0, 0.1) is 0 Å². The third-order valence-electron chi connectivity index (χ3n) is 8.36. The Hall–Kier alpha value is -3.44. The molecule has 0 radical (unpaired) electrons. The van der Waals surface area contributed by atoms with Crippen molar-refractivity contribution in [2.45, 2.75) is 45.0 Å². The summed E-state index contributed by atoms with van der Waals surface area (Å²) in [6, 6.07) is 10.8. The highest BCUT2D eigenvalue weighted by atomic mass is 35.5. The van der Waals surface area contributed by atoms with Crippen molar-refractivity contribution >= 4 is 90.8 Å². The largest absolute Gasteiger partial charge is 0.372 e. The molecular weight excluding hydrogens is 633 g/mol. The molecule has 0 spiro atoms. The van der Waals surface area contributed by atoms with E-state index in [4.69, 9.17) is 33.7 Å². The van der Waals surface area contributed by atoms with Gasteiger partial charge in [-0.25, -0.2) is 0 Å². The Morgan fingerprint density at radius 1 is 1.02 bits per heavy atom. The Morgan fingerprint density at radius 3 is 2.27 bits per heavy atom. The molecule has 234 valence electrons. The number of carbonyl (C=O) groups excluding carboxylic acids is 1. The Balaban J connectivity index is 0.00000357. The van der Waals surface area contributed by atoms with Crippen LogP contribution in [0.15, 0.2) is 61.2 Å². The summed E-state index contributed by atoms with van der Waals surface area (Å²) in [5.74, 6) is -0.118. The average Bonchev–Trinajstić information content (AvgIpc) is 3.53. The topological polar surface area (TPSA) is 116 Å². The molecule has 6 aromatic rings. The van der Waals surface area contributed by atoms with E-state index < -0.39 is 11.6 Å². The van der Waals surface area contributed by atoms with Gasteiger partial charge in [-0.2, -0.15) is 0 Å². The standard InChI is InChI=1S/C33H33Cl2N7O2.ClH/c1-18(36)14-41-17-33(2,3)44-16-29(41)32(43)42(28-11-21(35)10-25-23-5-7-38-13-27(23)40-31(25)28)15-19-8-20(34)9-24-22-4-6-37-12-26(22)39-30(19)24;/h4-13,18,29,39-40H,14-17,36H2,1-3H3;1H/t18-,29-;/m0./s1. The lowest BCUT2D eigenvalue weighted by Crippen LogP contribution is -2.61. The van der Waals surface area contributed by atoms with E-state index in [1.165, 1.54) is 0 Å². The molecule has 1 aliphatic rings. The fourth-order valence-corrected chi connectivity index (χ4v) is 6.95. The number of fused-ring (bicyclic) bond motifs is 6. The quantitative estimate of drug-likeness (QED) is 0.179. The number of pyridine rings is 2. The number of hydrogen-bond donors (Lipinski definition) is 3. The number of nitrogens with zero attached hydrogens (tertiary/aromatic N) is 4. The second kappa shape index (κ2) is 12.1. The van der Waals surface area contributed by atoms with Gasteiger partial charge in [0.15, 0.2) is 0 Å². The third-order valence-corrected chi connectivity index (χ3v) is 8.79. The van der Waals surface area contributed by atoms with E-state index in [1.807, 2.05) is 57.2 Å². The van der Waals surface area contributed by atoms with Crippen LogP contribution in [0.25, 0.3) is 43.6 Å². The van der Waals surface area contributed by atoms with Gasteiger partial charge in [-0.15, -0.1) is 12.4 Å². The molecule has 0 saturated carbocycles. The maximum atomic E-state index is 14.9. The van der Waals surface area contributed by atoms with Crippen LogP contribution < -0.4 is 10.6 Å². The van der Waals surface area contributed by atoms with Crippen molar-refractivity contribution in [3.8, 4) is 0 Å². The number of ether oxygens (including phenoxy) is 1. The fraction of sp³-hybridized carbons (Fsp3) is 0.303. The van der Waals surface area contributed by atoms with Crippen LogP contribution in [0.5, 0.6) is 0 Å². The number of hydrogen-bond acceptors (Lipinski definition) is 6.